The first kappa shape index (κ1) is 14.9. The van der Waals surface area contributed by atoms with E-state index in [9.17, 15) is 4.79 Å². The molecule has 3 aliphatic rings. The molecule has 2 fully saturated rings. The van der Waals surface area contributed by atoms with Crippen LogP contribution in [0.15, 0.2) is 16.6 Å². The minimum atomic E-state index is -0.165. The summed E-state index contributed by atoms with van der Waals surface area (Å²) in [7, 11) is 0. The van der Waals surface area contributed by atoms with Crippen LogP contribution >= 0.6 is 15.9 Å². The predicted molar refractivity (Wildman–Crippen MR) is 90.2 cm³/mol. The Hall–Kier alpha value is -0.670. The second-order valence-electron chi connectivity index (χ2n) is 7.32. The van der Waals surface area contributed by atoms with Crippen molar-refractivity contribution >= 4 is 21.7 Å². The van der Waals surface area contributed by atoms with Gasteiger partial charge in [0, 0.05) is 23.6 Å². The standard InChI is InChI=1S/C19H23BrO2/c1-12-10-14-2-3-15(13-4-8-22-9-5-13)18(21)19(6-7-19)17(14)16(20)11-12/h10-11,13,15H,2-9H2,1H3. The molecule has 2 aliphatic carbocycles. The van der Waals surface area contributed by atoms with Crippen molar-refractivity contribution in [1.29, 1.82) is 0 Å². The van der Waals surface area contributed by atoms with Gasteiger partial charge >= 0.3 is 0 Å². The lowest BCUT2D eigenvalue weighted by Gasteiger charge is -2.30. The highest BCUT2D eigenvalue weighted by atomic mass is 79.9. The molecule has 1 unspecified atom stereocenters. The molecular weight excluding hydrogens is 340 g/mol. The SMILES string of the molecule is Cc1cc(Br)c2c(c1)CCC(C1CCOCC1)C(=O)C21CC1. The maximum Gasteiger partial charge on any atom is 0.146 e. The molecule has 0 bridgehead atoms. The Morgan fingerprint density at radius 3 is 2.59 bits per heavy atom. The number of ether oxygens (including phenoxy) is 1. The fourth-order valence-corrected chi connectivity index (χ4v) is 5.65. The number of fused-ring (bicyclic) bond motifs is 2. The number of hydrogen-bond acceptors (Lipinski definition) is 2. The summed E-state index contributed by atoms with van der Waals surface area (Å²) in [5.41, 5.74) is 3.85. The van der Waals surface area contributed by atoms with Gasteiger partial charge in [0.05, 0.1) is 5.41 Å². The highest BCUT2D eigenvalue weighted by Gasteiger charge is 2.56. The third-order valence-electron chi connectivity index (χ3n) is 5.91. The normalized spacial score (nSPS) is 27.5. The largest absolute Gasteiger partial charge is 0.381 e. The molecule has 1 heterocycles. The Kier molecular flexibility index (Phi) is 3.69. The van der Waals surface area contributed by atoms with E-state index in [4.69, 9.17) is 4.74 Å². The molecule has 1 aromatic rings. The summed E-state index contributed by atoms with van der Waals surface area (Å²) in [6.45, 7) is 3.81. The first-order valence-corrected chi connectivity index (χ1v) is 9.33. The van der Waals surface area contributed by atoms with Gasteiger partial charge in [0.25, 0.3) is 0 Å². The highest BCUT2D eigenvalue weighted by molar-refractivity contribution is 9.10. The molecule has 22 heavy (non-hydrogen) atoms. The van der Waals surface area contributed by atoms with Crippen molar-refractivity contribution < 1.29 is 9.53 Å². The predicted octanol–water partition coefficient (Wildman–Crippen LogP) is 4.35. The Bertz CT molecular complexity index is 612. The average molecular weight is 363 g/mol. The van der Waals surface area contributed by atoms with Crippen LogP contribution in [-0.4, -0.2) is 19.0 Å². The molecule has 1 aliphatic heterocycles. The van der Waals surface area contributed by atoms with Crippen LogP contribution in [0.25, 0.3) is 0 Å². The fraction of sp³-hybridized carbons (Fsp3) is 0.632. The van der Waals surface area contributed by atoms with Gasteiger partial charge in [-0.2, -0.15) is 0 Å². The molecule has 3 heteroatoms. The average Bonchev–Trinajstić information content (AvgIpc) is 3.29. The summed E-state index contributed by atoms with van der Waals surface area (Å²) in [5, 5.41) is 0. The van der Waals surface area contributed by atoms with Gasteiger partial charge in [-0.1, -0.05) is 22.0 Å². The molecule has 1 saturated heterocycles. The van der Waals surface area contributed by atoms with Crippen molar-refractivity contribution in [3.05, 3.63) is 33.3 Å². The number of aryl methyl sites for hydroxylation is 2. The Labute approximate surface area is 140 Å². The first-order chi connectivity index (χ1) is 10.6. The second-order valence-corrected chi connectivity index (χ2v) is 8.18. The van der Waals surface area contributed by atoms with E-state index >= 15 is 0 Å². The number of halogens is 1. The van der Waals surface area contributed by atoms with Crippen LogP contribution in [0.3, 0.4) is 0 Å². The zero-order valence-corrected chi connectivity index (χ0v) is 14.7. The van der Waals surface area contributed by atoms with Crippen LogP contribution in [0, 0.1) is 18.8 Å². The summed E-state index contributed by atoms with van der Waals surface area (Å²) in [5.74, 6) is 1.31. The van der Waals surface area contributed by atoms with Crippen molar-refractivity contribution in [3.8, 4) is 0 Å². The van der Waals surface area contributed by atoms with Crippen LogP contribution in [0.5, 0.6) is 0 Å². The molecule has 1 spiro atoms. The lowest BCUT2D eigenvalue weighted by atomic mass is 9.76. The van der Waals surface area contributed by atoms with Crippen molar-refractivity contribution in [1.82, 2.24) is 0 Å². The Balaban J connectivity index is 1.73. The molecule has 0 aromatic heterocycles. The number of carbonyl (C=O) groups is 1. The maximum atomic E-state index is 13.4. The summed E-state index contributed by atoms with van der Waals surface area (Å²) in [4.78, 5) is 13.4. The van der Waals surface area contributed by atoms with Crippen molar-refractivity contribution in [2.45, 2.75) is 50.9 Å². The van der Waals surface area contributed by atoms with Gasteiger partial charge < -0.3 is 4.74 Å². The molecule has 0 amide bonds. The summed E-state index contributed by atoms with van der Waals surface area (Å²) >= 11 is 3.75. The number of ketones is 1. The number of benzene rings is 1. The number of Topliss-reactive ketones (excluding diaryl/α,β-unsaturated/α-hetero) is 1. The van der Waals surface area contributed by atoms with Crippen molar-refractivity contribution in [2.24, 2.45) is 11.8 Å². The van der Waals surface area contributed by atoms with Gasteiger partial charge in [-0.15, -0.1) is 0 Å². The van der Waals surface area contributed by atoms with E-state index in [0.29, 0.717) is 11.7 Å². The molecule has 118 valence electrons. The molecule has 1 aromatic carbocycles. The first-order valence-electron chi connectivity index (χ1n) is 8.53. The number of hydrogen-bond donors (Lipinski definition) is 0. The van der Waals surface area contributed by atoms with Crippen LogP contribution in [0.4, 0.5) is 0 Å². The zero-order valence-electron chi connectivity index (χ0n) is 13.2. The van der Waals surface area contributed by atoms with E-state index in [1.807, 2.05) is 0 Å². The Morgan fingerprint density at radius 2 is 1.91 bits per heavy atom. The van der Waals surface area contributed by atoms with E-state index in [1.54, 1.807) is 0 Å². The fourth-order valence-electron chi connectivity index (χ4n) is 4.66. The highest BCUT2D eigenvalue weighted by Crippen LogP contribution is 2.57. The van der Waals surface area contributed by atoms with Gasteiger partial charge in [0.15, 0.2) is 0 Å². The van der Waals surface area contributed by atoms with Crippen molar-refractivity contribution in [3.63, 3.8) is 0 Å². The molecule has 1 atom stereocenters. The van der Waals surface area contributed by atoms with Crippen LogP contribution < -0.4 is 0 Å². The van der Waals surface area contributed by atoms with E-state index in [-0.39, 0.29) is 11.3 Å². The zero-order chi connectivity index (χ0) is 15.3. The maximum absolute atomic E-state index is 13.4. The van der Waals surface area contributed by atoms with Gasteiger partial charge in [0.1, 0.15) is 5.78 Å². The molecular formula is C19H23BrO2. The summed E-state index contributed by atoms with van der Waals surface area (Å²) < 4.78 is 6.66. The molecule has 2 nitrogen and oxygen atoms in total. The van der Waals surface area contributed by atoms with Crippen molar-refractivity contribution in [2.75, 3.05) is 13.2 Å². The molecule has 1 saturated carbocycles. The van der Waals surface area contributed by atoms with E-state index in [2.05, 4.69) is 35.0 Å². The van der Waals surface area contributed by atoms with Gasteiger partial charge in [-0.25, -0.2) is 0 Å². The van der Waals surface area contributed by atoms with Crippen LogP contribution in [0.1, 0.15) is 48.8 Å². The lowest BCUT2D eigenvalue weighted by molar-refractivity contribution is -0.128. The number of carbonyl (C=O) groups excluding carboxylic acids is 1. The summed E-state index contributed by atoms with van der Waals surface area (Å²) in [6, 6.07) is 4.49. The molecule has 4 rings (SSSR count). The Morgan fingerprint density at radius 1 is 1.18 bits per heavy atom. The molecule has 0 N–H and O–H groups in total. The smallest absolute Gasteiger partial charge is 0.146 e. The monoisotopic (exact) mass is 362 g/mol. The minimum Gasteiger partial charge on any atom is -0.381 e. The van der Waals surface area contributed by atoms with E-state index in [1.165, 1.54) is 16.7 Å². The third kappa shape index (κ3) is 2.28. The lowest BCUT2D eigenvalue weighted by Crippen LogP contribution is -2.34. The quantitative estimate of drug-likeness (QED) is 0.742. The third-order valence-corrected chi connectivity index (χ3v) is 6.54. The van der Waals surface area contributed by atoms with Gasteiger partial charge in [-0.05, 0) is 74.1 Å². The van der Waals surface area contributed by atoms with Gasteiger partial charge in [-0.3, -0.25) is 4.79 Å². The topological polar surface area (TPSA) is 26.3 Å². The van der Waals surface area contributed by atoms with Gasteiger partial charge in [0.2, 0.25) is 0 Å². The second kappa shape index (κ2) is 5.45. The van der Waals surface area contributed by atoms with Crippen LogP contribution in [-0.2, 0) is 21.4 Å². The summed E-state index contributed by atoms with van der Waals surface area (Å²) in [6.07, 6.45) is 6.27. The molecule has 0 radical (unpaired) electrons. The number of rotatable bonds is 1. The van der Waals surface area contributed by atoms with E-state index in [0.717, 1.165) is 56.2 Å². The van der Waals surface area contributed by atoms with Crippen LogP contribution in [0.2, 0.25) is 0 Å². The van der Waals surface area contributed by atoms with E-state index < -0.39 is 0 Å². The minimum absolute atomic E-state index is 0.165.